The molecule has 0 saturated heterocycles. The predicted octanol–water partition coefficient (Wildman–Crippen LogP) is 10.1. The van der Waals surface area contributed by atoms with Crippen molar-refractivity contribution in [3.63, 3.8) is 0 Å². The lowest BCUT2D eigenvalue weighted by atomic mass is 10.1. The summed E-state index contributed by atoms with van der Waals surface area (Å²) in [6.07, 6.45) is 0. The molecule has 0 amide bonds. The Hall–Kier alpha value is -5.28. The molecule has 3 aromatic heterocycles. The van der Waals surface area contributed by atoms with E-state index in [-0.39, 0.29) is 0 Å². The molecule has 188 valence electrons. The zero-order valence-corrected chi connectivity index (χ0v) is 21.9. The monoisotopic (exact) mass is 512 g/mol. The van der Waals surface area contributed by atoms with Gasteiger partial charge in [0.05, 0.1) is 27.8 Å². The molecular weight excluding hydrogens is 488 g/mol. The van der Waals surface area contributed by atoms with Crippen LogP contribution in [-0.2, 0) is 0 Å². The summed E-state index contributed by atoms with van der Waals surface area (Å²) in [7, 11) is 0. The molecule has 9 rings (SSSR count). The van der Waals surface area contributed by atoms with Crippen molar-refractivity contribution in [2.45, 2.75) is 6.92 Å². The Morgan fingerprint density at radius 2 is 1.02 bits per heavy atom. The van der Waals surface area contributed by atoms with Crippen LogP contribution < -0.4 is 0 Å². The lowest BCUT2D eigenvalue weighted by Crippen LogP contribution is -1.95. The molecule has 0 N–H and O–H groups in total. The van der Waals surface area contributed by atoms with Gasteiger partial charge in [-0.1, -0.05) is 84.4 Å². The van der Waals surface area contributed by atoms with Crippen LogP contribution in [0.2, 0.25) is 0 Å². The number of rotatable bonds is 2. The number of fused-ring (bicyclic) bond motifs is 10. The Kier molecular flexibility index (Phi) is 4.26. The van der Waals surface area contributed by atoms with E-state index in [4.69, 9.17) is 4.42 Å². The van der Waals surface area contributed by atoms with Gasteiger partial charge in [0.2, 0.25) is 0 Å². The molecule has 3 nitrogen and oxygen atoms in total. The van der Waals surface area contributed by atoms with E-state index in [1.807, 2.05) is 6.07 Å². The van der Waals surface area contributed by atoms with Crippen molar-refractivity contribution < 1.29 is 4.42 Å². The summed E-state index contributed by atoms with van der Waals surface area (Å²) in [5.41, 5.74) is 10.1. The van der Waals surface area contributed by atoms with Crippen LogP contribution in [-0.4, -0.2) is 9.13 Å². The largest absolute Gasteiger partial charge is 0.454 e. The van der Waals surface area contributed by atoms with Crippen molar-refractivity contribution >= 4 is 65.6 Å². The van der Waals surface area contributed by atoms with Crippen molar-refractivity contribution in [1.82, 2.24) is 9.13 Å². The van der Waals surface area contributed by atoms with E-state index in [9.17, 15) is 0 Å². The summed E-state index contributed by atoms with van der Waals surface area (Å²) in [5, 5.41) is 7.32. The summed E-state index contributed by atoms with van der Waals surface area (Å²) in [6.45, 7) is 2.14. The van der Waals surface area contributed by atoms with E-state index >= 15 is 0 Å². The quantitative estimate of drug-likeness (QED) is 0.226. The van der Waals surface area contributed by atoms with Crippen molar-refractivity contribution in [3.8, 4) is 11.4 Å². The first-order valence-electron chi connectivity index (χ1n) is 13.7. The van der Waals surface area contributed by atoms with Gasteiger partial charge in [-0.3, -0.25) is 0 Å². The maximum Gasteiger partial charge on any atom is 0.159 e. The highest BCUT2D eigenvalue weighted by Gasteiger charge is 2.22. The third-order valence-electron chi connectivity index (χ3n) is 8.39. The lowest BCUT2D eigenvalue weighted by molar-refractivity contribution is 0.666. The van der Waals surface area contributed by atoms with Crippen LogP contribution in [0.3, 0.4) is 0 Å². The van der Waals surface area contributed by atoms with Gasteiger partial charge in [-0.15, -0.1) is 0 Å². The van der Waals surface area contributed by atoms with E-state index in [0.717, 1.165) is 27.6 Å². The lowest BCUT2D eigenvalue weighted by Gasteiger charge is -2.10. The molecular formula is C37H24N2O. The second-order valence-electron chi connectivity index (χ2n) is 10.6. The molecule has 40 heavy (non-hydrogen) atoms. The SMILES string of the molecule is Cc1ccc(-n2c3ccccc3c3c4c5ccccc5n(-c5cccc6c5oc5ccccc56)c4ccc32)cc1. The second kappa shape index (κ2) is 7.87. The molecule has 0 atom stereocenters. The van der Waals surface area contributed by atoms with E-state index in [1.165, 1.54) is 54.9 Å². The number of para-hydroxylation sites is 4. The van der Waals surface area contributed by atoms with Gasteiger partial charge in [0.15, 0.2) is 5.58 Å². The van der Waals surface area contributed by atoms with Gasteiger partial charge < -0.3 is 13.6 Å². The first-order valence-corrected chi connectivity index (χ1v) is 13.7. The number of nitrogens with zero attached hydrogens (tertiary/aromatic N) is 2. The molecule has 0 spiro atoms. The molecule has 0 aliphatic heterocycles. The fraction of sp³-hybridized carbons (Fsp3) is 0.0270. The number of hydrogen-bond acceptors (Lipinski definition) is 1. The van der Waals surface area contributed by atoms with Crippen LogP contribution in [0.4, 0.5) is 0 Å². The van der Waals surface area contributed by atoms with Crippen LogP contribution in [0.1, 0.15) is 5.56 Å². The summed E-state index contributed by atoms with van der Waals surface area (Å²) < 4.78 is 11.3. The molecule has 3 heterocycles. The van der Waals surface area contributed by atoms with Crippen LogP contribution >= 0.6 is 0 Å². The normalized spacial score (nSPS) is 12.1. The van der Waals surface area contributed by atoms with Crippen LogP contribution in [0.15, 0.2) is 132 Å². The van der Waals surface area contributed by atoms with Crippen molar-refractivity contribution in [1.29, 1.82) is 0 Å². The minimum Gasteiger partial charge on any atom is -0.454 e. The molecule has 0 unspecified atom stereocenters. The topological polar surface area (TPSA) is 23.0 Å². The van der Waals surface area contributed by atoms with E-state index in [2.05, 4.69) is 137 Å². The minimum absolute atomic E-state index is 0.911. The predicted molar refractivity (Wildman–Crippen MR) is 167 cm³/mol. The van der Waals surface area contributed by atoms with Gasteiger partial charge in [-0.2, -0.15) is 0 Å². The Labute approximate surface area is 230 Å². The third kappa shape index (κ3) is 2.79. The second-order valence-corrected chi connectivity index (χ2v) is 10.6. The maximum atomic E-state index is 6.51. The standard InChI is InChI=1S/C37H24N2O/c1-23-17-19-24(20-18-23)38-29-13-5-2-10-27(29)35-31(38)21-22-32-36(35)28-11-3-6-14-30(28)39(32)33-15-8-12-26-25-9-4-7-16-34(25)40-37(26)33/h2-22H,1H3. The Morgan fingerprint density at radius 3 is 1.75 bits per heavy atom. The molecule has 9 aromatic rings. The third-order valence-corrected chi connectivity index (χ3v) is 8.39. The van der Waals surface area contributed by atoms with E-state index in [1.54, 1.807) is 0 Å². The van der Waals surface area contributed by atoms with E-state index in [0.29, 0.717) is 0 Å². The Balaban J connectivity index is 1.47. The van der Waals surface area contributed by atoms with Gasteiger partial charge in [0.1, 0.15) is 5.58 Å². The molecule has 3 heteroatoms. The molecule has 0 radical (unpaired) electrons. The van der Waals surface area contributed by atoms with Crippen LogP contribution in [0.5, 0.6) is 0 Å². The number of benzene rings is 6. The summed E-state index contributed by atoms with van der Waals surface area (Å²) in [4.78, 5) is 0. The van der Waals surface area contributed by atoms with Crippen molar-refractivity contribution in [2.75, 3.05) is 0 Å². The zero-order valence-electron chi connectivity index (χ0n) is 21.9. The van der Waals surface area contributed by atoms with Crippen molar-refractivity contribution in [2.24, 2.45) is 0 Å². The van der Waals surface area contributed by atoms with Gasteiger partial charge in [0.25, 0.3) is 0 Å². The van der Waals surface area contributed by atoms with Gasteiger partial charge in [-0.25, -0.2) is 0 Å². The average Bonchev–Trinajstić information content (AvgIpc) is 3.65. The first kappa shape index (κ1) is 21.6. The van der Waals surface area contributed by atoms with Crippen LogP contribution in [0.25, 0.3) is 76.9 Å². The molecule has 0 aliphatic rings. The average molecular weight is 513 g/mol. The van der Waals surface area contributed by atoms with Gasteiger partial charge >= 0.3 is 0 Å². The zero-order chi connectivity index (χ0) is 26.4. The smallest absolute Gasteiger partial charge is 0.159 e. The number of hydrogen-bond donors (Lipinski definition) is 0. The first-order chi connectivity index (χ1) is 19.8. The summed E-state index contributed by atoms with van der Waals surface area (Å²) in [5.74, 6) is 0. The van der Waals surface area contributed by atoms with E-state index < -0.39 is 0 Å². The molecule has 0 bridgehead atoms. The van der Waals surface area contributed by atoms with Crippen LogP contribution in [0, 0.1) is 6.92 Å². The fourth-order valence-corrected chi connectivity index (χ4v) is 6.66. The van der Waals surface area contributed by atoms with Gasteiger partial charge in [0, 0.05) is 38.0 Å². The fourth-order valence-electron chi connectivity index (χ4n) is 6.66. The minimum atomic E-state index is 0.911. The van der Waals surface area contributed by atoms with Crippen molar-refractivity contribution in [3.05, 3.63) is 133 Å². The number of furan rings is 1. The number of aromatic nitrogens is 2. The van der Waals surface area contributed by atoms with Gasteiger partial charge in [-0.05, 0) is 55.5 Å². The summed E-state index contributed by atoms with van der Waals surface area (Å²) >= 11 is 0. The Morgan fingerprint density at radius 1 is 0.450 bits per heavy atom. The highest BCUT2D eigenvalue weighted by atomic mass is 16.3. The molecule has 0 aliphatic carbocycles. The molecule has 0 saturated carbocycles. The molecule has 6 aromatic carbocycles. The maximum absolute atomic E-state index is 6.51. The Bertz CT molecular complexity index is 2430. The highest BCUT2D eigenvalue weighted by molar-refractivity contribution is 6.29. The highest BCUT2D eigenvalue weighted by Crippen LogP contribution is 2.43. The number of aryl methyl sites for hydroxylation is 1. The summed E-state index contributed by atoms with van der Waals surface area (Å²) in [6, 6.07) is 45.7. The molecule has 0 fully saturated rings.